The van der Waals surface area contributed by atoms with E-state index in [1.807, 2.05) is 44.4 Å². The molecule has 1 aromatic heterocycles. The molecule has 1 unspecified atom stereocenters. The Kier molecular flexibility index (Phi) is 4.96. The van der Waals surface area contributed by atoms with Crippen LogP contribution in [0.25, 0.3) is 0 Å². The van der Waals surface area contributed by atoms with Crippen molar-refractivity contribution in [2.75, 3.05) is 32.1 Å². The smallest absolute Gasteiger partial charge is 0.147 e. The van der Waals surface area contributed by atoms with E-state index < -0.39 is 6.10 Å². The summed E-state index contributed by atoms with van der Waals surface area (Å²) in [5.74, 6) is 0.821. The van der Waals surface area contributed by atoms with Gasteiger partial charge in [0.2, 0.25) is 0 Å². The predicted molar refractivity (Wildman–Crippen MR) is 94.5 cm³/mol. The Labute approximate surface area is 142 Å². The maximum atomic E-state index is 10.4. The molecule has 0 aliphatic carbocycles. The standard InChI is InChI=1S/C18H23N5O/c1-19-14-8-9-23(12-16(14)20-2)17-11-21-15(10-22-17)18(24)13-6-4-3-5-7-13/h3-7,10-11,18-20,24H,8-9,12H2,1-2H3. The molecule has 0 spiro atoms. The normalized spacial score (nSPS) is 16.0. The fraction of sp³-hybridized carbons (Fsp3) is 0.333. The molecule has 1 aliphatic heterocycles. The summed E-state index contributed by atoms with van der Waals surface area (Å²) >= 11 is 0. The molecular weight excluding hydrogens is 302 g/mol. The Hall–Kier alpha value is -2.60. The lowest BCUT2D eigenvalue weighted by Gasteiger charge is -2.31. The molecule has 6 heteroatoms. The minimum absolute atomic E-state index is 0.558. The van der Waals surface area contributed by atoms with Crippen LogP contribution in [0.3, 0.4) is 0 Å². The highest BCUT2D eigenvalue weighted by atomic mass is 16.3. The molecule has 0 bridgehead atoms. The van der Waals surface area contributed by atoms with Gasteiger partial charge in [-0.3, -0.25) is 4.98 Å². The molecule has 24 heavy (non-hydrogen) atoms. The number of aromatic nitrogens is 2. The maximum absolute atomic E-state index is 10.4. The van der Waals surface area contributed by atoms with Gasteiger partial charge in [0, 0.05) is 38.5 Å². The Bertz CT molecular complexity index is 699. The van der Waals surface area contributed by atoms with E-state index in [1.165, 1.54) is 11.4 Å². The van der Waals surface area contributed by atoms with Crippen molar-refractivity contribution < 1.29 is 5.11 Å². The van der Waals surface area contributed by atoms with Crippen LogP contribution in [0.1, 0.15) is 23.8 Å². The molecule has 0 fully saturated rings. The number of hydrogen-bond acceptors (Lipinski definition) is 6. The van der Waals surface area contributed by atoms with Gasteiger partial charge in [0.1, 0.15) is 11.9 Å². The number of anilines is 1. The van der Waals surface area contributed by atoms with Crippen LogP contribution in [0, 0.1) is 0 Å². The van der Waals surface area contributed by atoms with Crippen LogP contribution in [0.5, 0.6) is 0 Å². The molecule has 2 heterocycles. The van der Waals surface area contributed by atoms with Crippen LogP contribution in [-0.2, 0) is 0 Å². The highest BCUT2D eigenvalue weighted by molar-refractivity contribution is 5.41. The van der Waals surface area contributed by atoms with Gasteiger partial charge in [-0.1, -0.05) is 30.3 Å². The number of hydrogen-bond donors (Lipinski definition) is 3. The Morgan fingerprint density at radius 1 is 1.04 bits per heavy atom. The predicted octanol–water partition coefficient (Wildman–Crippen LogP) is 1.42. The summed E-state index contributed by atoms with van der Waals surface area (Å²) in [7, 11) is 3.88. The molecule has 2 aromatic rings. The average Bonchev–Trinajstić information content (AvgIpc) is 2.67. The van der Waals surface area contributed by atoms with Crippen molar-refractivity contribution in [2.24, 2.45) is 0 Å². The van der Waals surface area contributed by atoms with Gasteiger partial charge in [0.25, 0.3) is 0 Å². The van der Waals surface area contributed by atoms with Gasteiger partial charge < -0.3 is 20.6 Å². The van der Waals surface area contributed by atoms with Gasteiger partial charge >= 0.3 is 0 Å². The molecule has 0 saturated heterocycles. The molecule has 0 radical (unpaired) electrons. The summed E-state index contributed by atoms with van der Waals surface area (Å²) in [6, 6.07) is 9.49. The summed E-state index contributed by atoms with van der Waals surface area (Å²) in [5, 5.41) is 16.9. The first-order valence-corrected chi connectivity index (χ1v) is 8.10. The zero-order valence-corrected chi connectivity index (χ0v) is 14.0. The first-order valence-electron chi connectivity index (χ1n) is 8.10. The van der Waals surface area contributed by atoms with E-state index in [1.54, 1.807) is 12.4 Å². The molecular formula is C18H23N5O. The van der Waals surface area contributed by atoms with E-state index in [9.17, 15) is 5.11 Å². The van der Waals surface area contributed by atoms with E-state index >= 15 is 0 Å². The second kappa shape index (κ2) is 7.31. The summed E-state index contributed by atoms with van der Waals surface area (Å²) in [4.78, 5) is 11.1. The number of aliphatic hydroxyl groups is 1. The number of likely N-dealkylation sites (N-methyl/N-ethyl adjacent to an activating group) is 1. The first-order chi connectivity index (χ1) is 11.7. The molecule has 6 nitrogen and oxygen atoms in total. The van der Waals surface area contributed by atoms with E-state index in [2.05, 4.69) is 25.5 Å². The molecule has 3 rings (SSSR count). The third-order valence-electron chi connectivity index (χ3n) is 4.33. The zero-order chi connectivity index (χ0) is 16.9. The highest BCUT2D eigenvalue weighted by Crippen LogP contribution is 2.22. The van der Waals surface area contributed by atoms with Crippen molar-refractivity contribution in [3.05, 3.63) is 65.4 Å². The quantitative estimate of drug-likeness (QED) is 0.772. The molecule has 1 aliphatic rings. The van der Waals surface area contributed by atoms with Gasteiger partial charge in [-0.25, -0.2) is 4.98 Å². The number of aliphatic hydroxyl groups excluding tert-OH is 1. The second-order valence-electron chi connectivity index (χ2n) is 5.74. The molecule has 126 valence electrons. The van der Waals surface area contributed by atoms with Gasteiger partial charge in [0.15, 0.2) is 0 Å². The molecule has 0 amide bonds. The minimum atomic E-state index is -0.752. The summed E-state index contributed by atoms with van der Waals surface area (Å²) in [5.41, 5.74) is 3.77. The monoisotopic (exact) mass is 325 g/mol. The Morgan fingerprint density at radius 3 is 2.42 bits per heavy atom. The lowest BCUT2D eigenvalue weighted by molar-refractivity contribution is 0.215. The third kappa shape index (κ3) is 3.33. The number of nitrogens with zero attached hydrogens (tertiary/aromatic N) is 3. The summed E-state index contributed by atoms with van der Waals surface area (Å²) in [6.45, 7) is 1.65. The number of rotatable bonds is 5. The van der Waals surface area contributed by atoms with E-state index in [4.69, 9.17) is 0 Å². The van der Waals surface area contributed by atoms with Crippen molar-refractivity contribution in [3.8, 4) is 0 Å². The van der Waals surface area contributed by atoms with Crippen molar-refractivity contribution in [1.82, 2.24) is 20.6 Å². The fourth-order valence-corrected chi connectivity index (χ4v) is 2.91. The zero-order valence-electron chi connectivity index (χ0n) is 14.0. The van der Waals surface area contributed by atoms with Crippen LogP contribution < -0.4 is 15.5 Å². The van der Waals surface area contributed by atoms with Gasteiger partial charge in [-0.2, -0.15) is 0 Å². The van der Waals surface area contributed by atoms with Crippen LogP contribution in [0.15, 0.2) is 54.1 Å². The van der Waals surface area contributed by atoms with Crippen molar-refractivity contribution in [3.63, 3.8) is 0 Å². The van der Waals surface area contributed by atoms with E-state index in [-0.39, 0.29) is 0 Å². The molecule has 1 atom stereocenters. The second-order valence-corrected chi connectivity index (χ2v) is 5.74. The fourth-order valence-electron chi connectivity index (χ4n) is 2.91. The largest absolute Gasteiger partial charge is 0.390 e. The minimum Gasteiger partial charge on any atom is -0.390 e. The summed E-state index contributed by atoms with van der Waals surface area (Å²) < 4.78 is 0. The molecule has 0 saturated carbocycles. The van der Waals surface area contributed by atoms with Crippen LogP contribution in [0.2, 0.25) is 0 Å². The SMILES string of the molecule is CNC1=C(NC)CN(c2cnc(C(O)c3ccccc3)cn2)CC1. The number of nitrogens with one attached hydrogen (secondary N) is 2. The van der Waals surface area contributed by atoms with Crippen molar-refractivity contribution >= 4 is 5.82 Å². The van der Waals surface area contributed by atoms with E-state index in [0.717, 1.165) is 30.9 Å². The topological polar surface area (TPSA) is 73.3 Å². The first kappa shape index (κ1) is 16.3. The lowest BCUT2D eigenvalue weighted by atomic mass is 10.1. The van der Waals surface area contributed by atoms with Crippen molar-refractivity contribution in [1.29, 1.82) is 0 Å². The summed E-state index contributed by atoms with van der Waals surface area (Å²) in [6.07, 6.45) is 3.57. The highest BCUT2D eigenvalue weighted by Gasteiger charge is 2.20. The van der Waals surface area contributed by atoms with Gasteiger partial charge in [-0.15, -0.1) is 0 Å². The third-order valence-corrected chi connectivity index (χ3v) is 4.33. The van der Waals surface area contributed by atoms with Gasteiger partial charge in [-0.05, 0) is 5.56 Å². The number of benzene rings is 1. The van der Waals surface area contributed by atoms with Crippen molar-refractivity contribution in [2.45, 2.75) is 12.5 Å². The molecule has 3 N–H and O–H groups in total. The Morgan fingerprint density at radius 2 is 1.79 bits per heavy atom. The van der Waals surface area contributed by atoms with Crippen LogP contribution >= 0.6 is 0 Å². The lowest BCUT2D eigenvalue weighted by Crippen LogP contribution is -2.38. The van der Waals surface area contributed by atoms with Crippen LogP contribution in [0.4, 0.5) is 5.82 Å². The Balaban J connectivity index is 1.75. The van der Waals surface area contributed by atoms with Crippen LogP contribution in [-0.4, -0.2) is 42.3 Å². The van der Waals surface area contributed by atoms with Gasteiger partial charge in [0.05, 0.1) is 24.6 Å². The van der Waals surface area contributed by atoms with E-state index in [0.29, 0.717) is 5.69 Å². The molecule has 1 aromatic carbocycles. The average molecular weight is 325 g/mol. The maximum Gasteiger partial charge on any atom is 0.147 e.